The molecule has 0 saturated carbocycles. The van der Waals surface area contributed by atoms with Crippen molar-refractivity contribution in [1.29, 1.82) is 0 Å². The van der Waals surface area contributed by atoms with Gasteiger partial charge >= 0.3 is 0 Å². The molecule has 0 radical (unpaired) electrons. The van der Waals surface area contributed by atoms with Crippen LogP contribution in [0.4, 0.5) is 17.1 Å². The highest BCUT2D eigenvalue weighted by Crippen LogP contribution is 2.39. The Labute approximate surface area is 203 Å². The zero-order valence-corrected chi connectivity index (χ0v) is 19.1. The molecule has 0 atom stereocenters. The number of likely N-dealkylation sites (tertiary alicyclic amines) is 1. The number of carbonyl (C=O) groups excluding carboxylic acids is 1. The van der Waals surface area contributed by atoms with Crippen LogP contribution >= 0.6 is 0 Å². The van der Waals surface area contributed by atoms with Crippen LogP contribution in [0.2, 0.25) is 0 Å². The van der Waals surface area contributed by atoms with Crippen molar-refractivity contribution in [3.05, 3.63) is 99.6 Å². The van der Waals surface area contributed by atoms with E-state index in [2.05, 4.69) is 15.5 Å². The number of hydrogen-bond acceptors (Lipinski definition) is 6. The lowest BCUT2D eigenvalue weighted by molar-refractivity contribution is -0.384. The zero-order valence-electron chi connectivity index (χ0n) is 19.1. The second-order valence-electron chi connectivity index (χ2n) is 8.89. The van der Waals surface area contributed by atoms with Crippen molar-refractivity contribution in [3.63, 3.8) is 0 Å². The fourth-order valence-corrected chi connectivity index (χ4v) is 4.57. The molecule has 8 nitrogen and oxygen atoms in total. The third-order valence-corrected chi connectivity index (χ3v) is 6.46. The van der Waals surface area contributed by atoms with E-state index in [0.717, 1.165) is 43.7 Å². The Morgan fingerprint density at radius 2 is 1.77 bits per heavy atom. The van der Waals surface area contributed by atoms with Crippen LogP contribution in [0, 0.1) is 10.1 Å². The molecule has 2 aliphatic heterocycles. The summed E-state index contributed by atoms with van der Waals surface area (Å²) in [5.41, 5.74) is 4.70. The first-order valence-corrected chi connectivity index (χ1v) is 11.6. The Kier molecular flexibility index (Phi) is 6.31. The number of nitrogens with one attached hydrogen (secondary N) is 2. The number of anilines is 2. The number of rotatable bonds is 6. The first-order valence-electron chi connectivity index (χ1n) is 11.6. The lowest BCUT2D eigenvalue weighted by atomic mass is 9.99. The Morgan fingerprint density at radius 1 is 1.06 bits per heavy atom. The quantitative estimate of drug-likeness (QED) is 0.278. The number of nitro benzene ring substituents is 1. The molecular weight excluding hydrogens is 444 g/mol. The molecule has 35 heavy (non-hydrogen) atoms. The molecule has 0 aliphatic carbocycles. The number of non-ortho nitro benzene ring substituents is 1. The number of aliphatic hydroxyl groups is 1. The average Bonchev–Trinajstić information content (AvgIpc) is 3.20. The summed E-state index contributed by atoms with van der Waals surface area (Å²) in [6.45, 7) is 2.58. The van der Waals surface area contributed by atoms with Gasteiger partial charge in [-0.2, -0.15) is 0 Å². The molecule has 2 aliphatic rings. The van der Waals surface area contributed by atoms with Gasteiger partial charge in [0.1, 0.15) is 0 Å². The normalized spacial score (nSPS) is 17.6. The first kappa shape index (κ1) is 22.8. The maximum absolute atomic E-state index is 13.0. The van der Waals surface area contributed by atoms with Gasteiger partial charge in [-0.1, -0.05) is 42.5 Å². The summed E-state index contributed by atoms with van der Waals surface area (Å²) < 4.78 is 0. The van der Waals surface area contributed by atoms with E-state index in [1.807, 2.05) is 54.6 Å². The predicted octanol–water partition coefficient (Wildman–Crippen LogP) is 4.48. The number of benzene rings is 3. The Bertz CT molecular complexity index is 1280. The number of carbonyl (C=O) groups is 1. The van der Waals surface area contributed by atoms with Gasteiger partial charge in [0.25, 0.3) is 11.6 Å². The SMILES string of the molecule is O=C1Nc2ccc([N+](=O)[O-])cc2/C1=C(/Nc1ccc(CN2CCC(O)CC2)cc1)c1ccccc1. The summed E-state index contributed by atoms with van der Waals surface area (Å²) in [6.07, 6.45) is 1.41. The molecule has 3 N–H and O–H groups in total. The minimum atomic E-state index is -0.460. The van der Waals surface area contributed by atoms with Crippen LogP contribution in [0.5, 0.6) is 0 Å². The molecule has 1 amide bonds. The van der Waals surface area contributed by atoms with Crippen molar-refractivity contribution in [3.8, 4) is 0 Å². The van der Waals surface area contributed by atoms with Crippen LogP contribution < -0.4 is 10.6 Å². The van der Waals surface area contributed by atoms with E-state index >= 15 is 0 Å². The standard InChI is InChI=1S/C27H26N4O4/c32-22-12-14-30(15-13-22)17-18-6-8-20(9-7-18)28-26(19-4-2-1-3-5-19)25-23-16-21(31(34)35)10-11-24(23)29-27(25)33/h1-11,16,22,28,32H,12-15,17H2,(H,29,33)/b26-25-. The van der Waals surface area contributed by atoms with Crippen molar-refractivity contribution in [2.75, 3.05) is 23.7 Å². The molecule has 0 aromatic heterocycles. The van der Waals surface area contributed by atoms with Crippen molar-refractivity contribution in [1.82, 2.24) is 4.90 Å². The van der Waals surface area contributed by atoms with Crippen LogP contribution in [0.15, 0.2) is 72.8 Å². The smallest absolute Gasteiger partial charge is 0.270 e. The monoisotopic (exact) mass is 470 g/mol. The van der Waals surface area contributed by atoms with E-state index in [9.17, 15) is 20.0 Å². The van der Waals surface area contributed by atoms with Gasteiger partial charge in [0.15, 0.2) is 0 Å². The lowest BCUT2D eigenvalue weighted by Crippen LogP contribution is -2.35. The fourth-order valence-electron chi connectivity index (χ4n) is 4.57. The number of aliphatic hydroxyl groups excluding tert-OH is 1. The molecule has 1 saturated heterocycles. The van der Waals surface area contributed by atoms with Gasteiger partial charge < -0.3 is 15.7 Å². The summed E-state index contributed by atoms with van der Waals surface area (Å²) in [4.78, 5) is 26.2. The van der Waals surface area contributed by atoms with Crippen molar-refractivity contribution in [2.24, 2.45) is 0 Å². The third kappa shape index (κ3) is 4.94. The first-order chi connectivity index (χ1) is 17.0. The van der Waals surface area contributed by atoms with Crippen LogP contribution in [0.1, 0.15) is 29.5 Å². The highest BCUT2D eigenvalue weighted by atomic mass is 16.6. The van der Waals surface area contributed by atoms with Gasteiger partial charge in [0.05, 0.1) is 22.3 Å². The summed E-state index contributed by atoms with van der Waals surface area (Å²) in [5, 5.41) is 27.3. The van der Waals surface area contributed by atoms with Crippen molar-refractivity contribution in [2.45, 2.75) is 25.5 Å². The van der Waals surface area contributed by atoms with Crippen LogP contribution in [0.3, 0.4) is 0 Å². The summed E-state index contributed by atoms with van der Waals surface area (Å²) >= 11 is 0. The second-order valence-corrected chi connectivity index (χ2v) is 8.89. The molecule has 8 heteroatoms. The Hall–Kier alpha value is -4.01. The van der Waals surface area contributed by atoms with Gasteiger partial charge in [-0.05, 0) is 42.2 Å². The van der Waals surface area contributed by atoms with E-state index in [4.69, 9.17) is 0 Å². The highest BCUT2D eigenvalue weighted by Gasteiger charge is 2.30. The molecule has 0 unspecified atom stereocenters. The minimum absolute atomic E-state index is 0.0697. The number of fused-ring (bicyclic) bond motifs is 1. The largest absolute Gasteiger partial charge is 0.393 e. The molecule has 178 valence electrons. The van der Waals surface area contributed by atoms with Crippen molar-refractivity contribution < 1.29 is 14.8 Å². The van der Waals surface area contributed by atoms with E-state index in [-0.39, 0.29) is 17.7 Å². The summed E-state index contributed by atoms with van der Waals surface area (Å²) in [6, 6.07) is 21.9. The maximum Gasteiger partial charge on any atom is 0.270 e. The summed E-state index contributed by atoms with van der Waals surface area (Å²) in [7, 11) is 0. The van der Waals surface area contributed by atoms with Crippen LogP contribution in [0.25, 0.3) is 11.3 Å². The number of hydrogen-bond donors (Lipinski definition) is 3. The average molecular weight is 471 g/mol. The number of piperidine rings is 1. The van der Waals surface area contributed by atoms with Gasteiger partial charge in [-0.3, -0.25) is 19.8 Å². The number of amides is 1. The highest BCUT2D eigenvalue weighted by molar-refractivity contribution is 6.37. The molecule has 5 rings (SSSR count). The van der Waals surface area contributed by atoms with Gasteiger partial charge in [-0.25, -0.2) is 0 Å². The van der Waals surface area contributed by atoms with E-state index in [0.29, 0.717) is 22.5 Å². The summed E-state index contributed by atoms with van der Waals surface area (Å²) in [5.74, 6) is -0.309. The number of nitrogens with zero attached hydrogens (tertiary/aromatic N) is 2. The van der Waals surface area contributed by atoms with Gasteiger partial charge in [0.2, 0.25) is 0 Å². The molecular formula is C27H26N4O4. The Morgan fingerprint density at radius 3 is 2.46 bits per heavy atom. The number of nitro groups is 1. The van der Waals surface area contributed by atoms with Gasteiger partial charge in [-0.15, -0.1) is 0 Å². The van der Waals surface area contributed by atoms with Crippen LogP contribution in [-0.4, -0.2) is 40.0 Å². The van der Waals surface area contributed by atoms with Crippen LogP contribution in [-0.2, 0) is 11.3 Å². The topological polar surface area (TPSA) is 108 Å². The zero-order chi connectivity index (χ0) is 24.4. The maximum atomic E-state index is 13.0. The fraction of sp³-hybridized carbons (Fsp3) is 0.222. The lowest BCUT2D eigenvalue weighted by Gasteiger charge is -2.29. The second kappa shape index (κ2) is 9.69. The molecule has 0 spiro atoms. The molecule has 3 aromatic rings. The van der Waals surface area contributed by atoms with Crippen molar-refractivity contribution >= 4 is 34.2 Å². The molecule has 2 heterocycles. The predicted molar refractivity (Wildman–Crippen MR) is 136 cm³/mol. The van der Waals surface area contributed by atoms with E-state index < -0.39 is 4.92 Å². The van der Waals surface area contributed by atoms with E-state index in [1.165, 1.54) is 17.7 Å². The van der Waals surface area contributed by atoms with E-state index in [1.54, 1.807) is 6.07 Å². The third-order valence-electron chi connectivity index (χ3n) is 6.46. The molecule has 3 aromatic carbocycles. The molecule has 0 bridgehead atoms. The Balaban J connectivity index is 1.47. The van der Waals surface area contributed by atoms with Gasteiger partial charge in [0, 0.05) is 48.7 Å². The molecule has 1 fully saturated rings. The minimum Gasteiger partial charge on any atom is -0.393 e.